The molecular formula is C22H29NO4. The molecule has 2 atom stereocenters. The van der Waals surface area contributed by atoms with Crippen LogP contribution in [-0.2, 0) is 6.42 Å². The average molecular weight is 371 g/mol. The second-order valence-corrected chi connectivity index (χ2v) is 7.71. The maximum Gasteiger partial charge on any atom is 0.231 e. The lowest BCUT2D eigenvalue weighted by Gasteiger charge is -2.33. The van der Waals surface area contributed by atoms with Gasteiger partial charge in [0.2, 0.25) is 12.5 Å². The quantitative estimate of drug-likeness (QED) is 0.649. The van der Waals surface area contributed by atoms with Crippen LogP contribution in [0.2, 0.25) is 0 Å². The Kier molecular flexibility index (Phi) is 5.69. The van der Waals surface area contributed by atoms with Crippen molar-refractivity contribution in [2.24, 2.45) is 0 Å². The highest BCUT2D eigenvalue weighted by Gasteiger charge is 2.33. The number of likely N-dealkylation sites (N-methyl/N-ethyl adjacent to an activating group) is 1. The summed E-state index contributed by atoms with van der Waals surface area (Å²) in [6.07, 6.45) is 4.44. The standard InChI is InChI=1S/C22H29NO4/c1-15(2)7-6-10-22(3,24)11-8-17-19-16(9-12-23(17)4)13-18-20(21(19)25-5)27-14-26-18/h7,13,17,24H,6,9-10,12,14H2,1-5H3. The fourth-order valence-corrected chi connectivity index (χ4v) is 3.54. The molecule has 0 amide bonds. The molecule has 0 aliphatic carbocycles. The predicted octanol–water partition coefficient (Wildman–Crippen LogP) is 3.45. The van der Waals surface area contributed by atoms with E-state index in [1.807, 2.05) is 13.1 Å². The van der Waals surface area contributed by atoms with Crippen molar-refractivity contribution in [2.75, 3.05) is 27.5 Å². The predicted molar refractivity (Wildman–Crippen MR) is 105 cm³/mol. The average Bonchev–Trinajstić information content (AvgIpc) is 3.06. The van der Waals surface area contributed by atoms with E-state index in [0.717, 1.165) is 36.3 Å². The molecule has 2 aliphatic rings. The Morgan fingerprint density at radius 2 is 2.22 bits per heavy atom. The van der Waals surface area contributed by atoms with Crippen LogP contribution in [0.5, 0.6) is 17.2 Å². The fourth-order valence-electron chi connectivity index (χ4n) is 3.54. The van der Waals surface area contributed by atoms with Crippen LogP contribution in [0.15, 0.2) is 17.7 Å². The first-order valence-electron chi connectivity index (χ1n) is 9.40. The van der Waals surface area contributed by atoms with Crippen LogP contribution in [0.1, 0.15) is 50.8 Å². The Morgan fingerprint density at radius 3 is 2.93 bits per heavy atom. The van der Waals surface area contributed by atoms with E-state index in [9.17, 15) is 5.11 Å². The molecule has 0 bridgehead atoms. The first-order valence-corrected chi connectivity index (χ1v) is 9.40. The zero-order chi connectivity index (χ0) is 19.6. The molecule has 2 unspecified atom stereocenters. The van der Waals surface area contributed by atoms with Crippen LogP contribution >= 0.6 is 0 Å². The second-order valence-electron chi connectivity index (χ2n) is 7.71. The van der Waals surface area contributed by atoms with Crippen LogP contribution in [-0.4, -0.2) is 43.1 Å². The smallest absolute Gasteiger partial charge is 0.231 e. The van der Waals surface area contributed by atoms with E-state index < -0.39 is 5.60 Å². The number of rotatable bonds is 4. The fraction of sp³-hybridized carbons (Fsp3) is 0.545. The summed E-state index contributed by atoms with van der Waals surface area (Å²) in [6.45, 7) is 6.99. The summed E-state index contributed by atoms with van der Waals surface area (Å²) in [5, 5.41) is 10.7. The molecule has 2 aliphatic heterocycles. The minimum Gasteiger partial charge on any atom is -0.492 e. The van der Waals surface area contributed by atoms with Gasteiger partial charge in [0.25, 0.3) is 0 Å². The molecule has 146 valence electrons. The maximum atomic E-state index is 10.7. The third-order valence-electron chi connectivity index (χ3n) is 5.06. The van der Waals surface area contributed by atoms with Crippen molar-refractivity contribution in [2.45, 2.75) is 51.7 Å². The van der Waals surface area contributed by atoms with Gasteiger partial charge in [-0.15, -0.1) is 0 Å². The Hall–Kier alpha value is -2.16. The molecule has 1 aromatic rings. The lowest BCUT2D eigenvalue weighted by atomic mass is 9.90. The van der Waals surface area contributed by atoms with Gasteiger partial charge in [0.15, 0.2) is 11.5 Å². The number of nitrogens with zero attached hydrogens (tertiary/aromatic N) is 1. The van der Waals surface area contributed by atoms with Gasteiger partial charge in [0, 0.05) is 12.1 Å². The van der Waals surface area contributed by atoms with Crippen molar-refractivity contribution in [3.8, 4) is 29.1 Å². The van der Waals surface area contributed by atoms with E-state index in [1.165, 1.54) is 5.57 Å². The number of benzene rings is 1. The molecule has 2 heterocycles. The summed E-state index contributed by atoms with van der Waals surface area (Å²) >= 11 is 0. The van der Waals surface area contributed by atoms with Crippen molar-refractivity contribution >= 4 is 0 Å². The highest BCUT2D eigenvalue weighted by Crippen LogP contribution is 2.49. The van der Waals surface area contributed by atoms with E-state index in [1.54, 1.807) is 14.0 Å². The van der Waals surface area contributed by atoms with Crippen molar-refractivity contribution in [3.05, 3.63) is 28.8 Å². The number of hydrogen-bond donors (Lipinski definition) is 1. The van der Waals surface area contributed by atoms with Gasteiger partial charge in [-0.05, 0) is 58.7 Å². The van der Waals surface area contributed by atoms with Gasteiger partial charge in [-0.2, -0.15) is 0 Å². The molecule has 0 saturated heterocycles. The summed E-state index contributed by atoms with van der Waals surface area (Å²) in [5.41, 5.74) is 2.40. The summed E-state index contributed by atoms with van der Waals surface area (Å²) < 4.78 is 16.9. The highest BCUT2D eigenvalue weighted by molar-refractivity contribution is 5.63. The van der Waals surface area contributed by atoms with Crippen molar-refractivity contribution in [3.63, 3.8) is 0 Å². The largest absolute Gasteiger partial charge is 0.492 e. The molecular weight excluding hydrogens is 342 g/mol. The summed E-state index contributed by atoms with van der Waals surface area (Å²) in [7, 11) is 3.69. The Labute approximate surface area is 161 Å². The van der Waals surface area contributed by atoms with E-state index in [-0.39, 0.29) is 12.8 Å². The Bertz CT molecular complexity index is 797. The zero-order valence-electron chi connectivity index (χ0n) is 16.9. The van der Waals surface area contributed by atoms with E-state index in [2.05, 4.69) is 36.7 Å². The molecule has 5 nitrogen and oxygen atoms in total. The number of methoxy groups -OCH3 is 1. The van der Waals surface area contributed by atoms with Gasteiger partial charge in [-0.1, -0.05) is 23.5 Å². The highest BCUT2D eigenvalue weighted by atomic mass is 16.7. The maximum absolute atomic E-state index is 10.7. The van der Waals surface area contributed by atoms with Crippen LogP contribution in [0.3, 0.4) is 0 Å². The van der Waals surface area contributed by atoms with Crippen LogP contribution in [0, 0.1) is 11.8 Å². The molecule has 0 fully saturated rings. The lowest BCUT2D eigenvalue weighted by molar-refractivity contribution is 0.113. The molecule has 27 heavy (non-hydrogen) atoms. The minimum atomic E-state index is -1.03. The number of aliphatic hydroxyl groups is 1. The normalized spacial score (nSPS) is 20.1. The lowest BCUT2D eigenvalue weighted by Crippen LogP contribution is -2.32. The van der Waals surface area contributed by atoms with E-state index >= 15 is 0 Å². The molecule has 0 spiro atoms. The minimum absolute atomic E-state index is 0.159. The molecule has 0 radical (unpaired) electrons. The van der Waals surface area contributed by atoms with Crippen LogP contribution in [0.4, 0.5) is 0 Å². The van der Waals surface area contributed by atoms with Gasteiger partial charge in [0.05, 0.1) is 7.11 Å². The third kappa shape index (κ3) is 4.23. The molecule has 1 N–H and O–H groups in total. The number of hydrogen-bond acceptors (Lipinski definition) is 5. The molecule has 0 aromatic heterocycles. The van der Waals surface area contributed by atoms with Gasteiger partial charge >= 0.3 is 0 Å². The zero-order valence-corrected chi connectivity index (χ0v) is 16.9. The first kappa shape index (κ1) is 19.6. The molecule has 3 rings (SSSR count). The SMILES string of the molecule is COc1c2c(cc3c1C(C#CC(C)(O)CCC=C(C)C)N(C)CC3)OCO2. The monoisotopic (exact) mass is 371 g/mol. The molecule has 0 saturated carbocycles. The second kappa shape index (κ2) is 7.84. The number of fused-ring (bicyclic) bond motifs is 2. The number of ether oxygens (including phenoxy) is 3. The van der Waals surface area contributed by atoms with Crippen molar-refractivity contribution in [1.82, 2.24) is 4.90 Å². The molecule has 1 aromatic carbocycles. The van der Waals surface area contributed by atoms with Gasteiger partial charge in [0.1, 0.15) is 11.6 Å². The van der Waals surface area contributed by atoms with Gasteiger partial charge in [-0.3, -0.25) is 4.90 Å². The first-order chi connectivity index (χ1) is 12.8. The van der Waals surface area contributed by atoms with Crippen LogP contribution < -0.4 is 14.2 Å². The summed E-state index contributed by atoms with van der Waals surface area (Å²) in [6, 6.07) is 1.88. The topological polar surface area (TPSA) is 51.2 Å². The van der Waals surface area contributed by atoms with Gasteiger partial charge < -0.3 is 19.3 Å². The number of allylic oxidation sites excluding steroid dienone is 2. The Morgan fingerprint density at radius 1 is 1.44 bits per heavy atom. The molecule has 5 heteroatoms. The van der Waals surface area contributed by atoms with E-state index in [0.29, 0.717) is 17.9 Å². The van der Waals surface area contributed by atoms with Gasteiger partial charge in [-0.25, -0.2) is 0 Å². The Balaban J connectivity index is 1.93. The third-order valence-corrected chi connectivity index (χ3v) is 5.06. The van der Waals surface area contributed by atoms with Crippen molar-refractivity contribution < 1.29 is 19.3 Å². The summed E-state index contributed by atoms with van der Waals surface area (Å²) in [5.74, 6) is 8.47. The van der Waals surface area contributed by atoms with Crippen LogP contribution in [0.25, 0.3) is 0 Å². The van der Waals surface area contributed by atoms with Crippen molar-refractivity contribution in [1.29, 1.82) is 0 Å². The summed E-state index contributed by atoms with van der Waals surface area (Å²) in [4.78, 5) is 2.19. The van der Waals surface area contributed by atoms with E-state index in [4.69, 9.17) is 14.2 Å².